The van der Waals surface area contributed by atoms with Crippen molar-refractivity contribution in [2.45, 2.75) is 32.7 Å². The molecule has 0 bridgehead atoms. The van der Waals surface area contributed by atoms with Gasteiger partial charge in [-0.25, -0.2) is 4.98 Å². The summed E-state index contributed by atoms with van der Waals surface area (Å²) in [4.78, 5) is 4.29. The van der Waals surface area contributed by atoms with Gasteiger partial charge in [0.05, 0.1) is 6.61 Å². The lowest BCUT2D eigenvalue weighted by Gasteiger charge is -2.18. The summed E-state index contributed by atoms with van der Waals surface area (Å²) in [5.41, 5.74) is 5.56. The van der Waals surface area contributed by atoms with Crippen LogP contribution in [-0.2, 0) is 0 Å². The number of nitrogens with two attached hydrogens (primary N) is 1. The molecule has 0 fully saturated rings. The van der Waals surface area contributed by atoms with Crippen LogP contribution in [0, 0.1) is 0 Å². The van der Waals surface area contributed by atoms with Gasteiger partial charge in [0.15, 0.2) is 11.6 Å². The van der Waals surface area contributed by atoms with Gasteiger partial charge in [0.2, 0.25) is 0 Å². The zero-order chi connectivity index (χ0) is 11.8. The monoisotopic (exact) mass is 223 g/mol. The molecular formula is C12H21N3O. The highest BCUT2D eigenvalue weighted by Gasteiger charge is 2.09. The number of anilines is 1. The molecule has 0 aliphatic rings. The summed E-state index contributed by atoms with van der Waals surface area (Å²) in [6, 6.07) is 4.16. The molecular weight excluding hydrogens is 202 g/mol. The van der Waals surface area contributed by atoms with E-state index in [0.29, 0.717) is 19.2 Å². The van der Waals surface area contributed by atoms with E-state index in [1.165, 1.54) is 0 Å². The normalized spacial score (nSPS) is 12.2. The average Bonchev–Trinajstić information content (AvgIpc) is 2.31. The fraction of sp³-hybridized carbons (Fsp3) is 0.583. The summed E-state index contributed by atoms with van der Waals surface area (Å²) in [6.07, 6.45) is 3.73. The van der Waals surface area contributed by atoms with E-state index in [2.05, 4.69) is 17.2 Å². The first-order chi connectivity index (χ1) is 7.81. The molecule has 1 rings (SSSR count). The molecule has 16 heavy (non-hydrogen) atoms. The Morgan fingerprint density at radius 3 is 2.94 bits per heavy atom. The fourth-order valence-corrected chi connectivity index (χ4v) is 1.54. The van der Waals surface area contributed by atoms with E-state index in [1.54, 1.807) is 6.20 Å². The molecule has 1 aromatic heterocycles. The lowest BCUT2D eigenvalue weighted by atomic mass is 10.1. The summed E-state index contributed by atoms with van der Waals surface area (Å²) < 4.78 is 5.50. The third kappa shape index (κ3) is 3.70. The first kappa shape index (κ1) is 12.8. The van der Waals surface area contributed by atoms with Crippen molar-refractivity contribution in [1.29, 1.82) is 0 Å². The number of aromatic nitrogens is 1. The zero-order valence-electron chi connectivity index (χ0n) is 10.1. The summed E-state index contributed by atoms with van der Waals surface area (Å²) in [7, 11) is 0. The number of nitrogens with one attached hydrogen (secondary N) is 1. The lowest BCUT2D eigenvalue weighted by molar-refractivity contribution is 0.340. The van der Waals surface area contributed by atoms with Gasteiger partial charge in [-0.3, -0.25) is 0 Å². The minimum Gasteiger partial charge on any atom is -0.490 e. The van der Waals surface area contributed by atoms with Crippen LogP contribution in [0.15, 0.2) is 18.3 Å². The number of pyridine rings is 1. The Kier molecular flexibility index (Phi) is 5.64. The molecule has 90 valence electrons. The Morgan fingerprint density at radius 1 is 1.50 bits per heavy atom. The number of hydrogen-bond donors (Lipinski definition) is 2. The highest BCUT2D eigenvalue weighted by molar-refractivity contribution is 5.50. The van der Waals surface area contributed by atoms with Crippen LogP contribution in [0.2, 0.25) is 0 Å². The number of rotatable bonds is 7. The van der Waals surface area contributed by atoms with Crippen molar-refractivity contribution < 1.29 is 4.74 Å². The second-order valence-corrected chi connectivity index (χ2v) is 3.61. The van der Waals surface area contributed by atoms with Gasteiger partial charge in [0.25, 0.3) is 0 Å². The Labute approximate surface area is 97.2 Å². The molecule has 1 heterocycles. The average molecular weight is 223 g/mol. The lowest BCUT2D eigenvalue weighted by Crippen LogP contribution is -2.23. The maximum Gasteiger partial charge on any atom is 0.168 e. The van der Waals surface area contributed by atoms with Gasteiger partial charge in [-0.2, -0.15) is 0 Å². The molecule has 3 N–H and O–H groups in total. The topological polar surface area (TPSA) is 60.2 Å². The van der Waals surface area contributed by atoms with Gasteiger partial charge in [-0.05, 0) is 38.4 Å². The SMILES string of the molecule is CCOc1cccnc1NC(CC)CCN. The van der Waals surface area contributed by atoms with Gasteiger partial charge >= 0.3 is 0 Å². The van der Waals surface area contributed by atoms with Gasteiger partial charge in [0.1, 0.15) is 0 Å². The van der Waals surface area contributed by atoms with Gasteiger partial charge in [-0.15, -0.1) is 0 Å². The highest BCUT2D eigenvalue weighted by atomic mass is 16.5. The molecule has 0 amide bonds. The van der Waals surface area contributed by atoms with Crippen LogP contribution in [0.5, 0.6) is 5.75 Å². The van der Waals surface area contributed by atoms with Crippen molar-refractivity contribution in [3.8, 4) is 5.75 Å². The van der Waals surface area contributed by atoms with Gasteiger partial charge in [-0.1, -0.05) is 6.92 Å². The predicted molar refractivity (Wildman–Crippen MR) is 66.8 cm³/mol. The van der Waals surface area contributed by atoms with Crippen molar-refractivity contribution in [3.05, 3.63) is 18.3 Å². The minimum absolute atomic E-state index is 0.360. The first-order valence-electron chi connectivity index (χ1n) is 5.86. The molecule has 4 nitrogen and oxygen atoms in total. The van der Waals surface area contributed by atoms with Gasteiger partial charge < -0.3 is 15.8 Å². The van der Waals surface area contributed by atoms with E-state index in [1.807, 2.05) is 19.1 Å². The minimum atomic E-state index is 0.360. The second-order valence-electron chi connectivity index (χ2n) is 3.61. The highest BCUT2D eigenvalue weighted by Crippen LogP contribution is 2.22. The van der Waals surface area contributed by atoms with E-state index in [4.69, 9.17) is 10.5 Å². The van der Waals surface area contributed by atoms with E-state index in [0.717, 1.165) is 24.4 Å². The molecule has 0 aliphatic heterocycles. The quantitative estimate of drug-likeness (QED) is 0.742. The Balaban J connectivity index is 2.70. The van der Waals surface area contributed by atoms with Crippen molar-refractivity contribution in [2.75, 3.05) is 18.5 Å². The molecule has 0 radical (unpaired) electrons. The summed E-state index contributed by atoms with van der Waals surface area (Å²) in [5, 5.41) is 3.37. The molecule has 0 spiro atoms. The Hall–Kier alpha value is -1.29. The predicted octanol–water partition coefficient (Wildman–Crippen LogP) is 2.02. The van der Waals surface area contributed by atoms with Crippen molar-refractivity contribution in [1.82, 2.24) is 4.98 Å². The van der Waals surface area contributed by atoms with E-state index in [9.17, 15) is 0 Å². The third-order valence-corrected chi connectivity index (χ3v) is 2.42. The Morgan fingerprint density at radius 2 is 2.31 bits per heavy atom. The molecule has 0 aliphatic carbocycles. The first-order valence-corrected chi connectivity index (χ1v) is 5.86. The van der Waals surface area contributed by atoms with E-state index >= 15 is 0 Å². The summed E-state index contributed by atoms with van der Waals surface area (Å²) in [6.45, 7) is 5.43. The van der Waals surface area contributed by atoms with Crippen LogP contribution in [-0.4, -0.2) is 24.2 Å². The van der Waals surface area contributed by atoms with Crippen molar-refractivity contribution >= 4 is 5.82 Å². The van der Waals surface area contributed by atoms with Crippen LogP contribution in [0.4, 0.5) is 5.82 Å². The zero-order valence-corrected chi connectivity index (χ0v) is 10.1. The van der Waals surface area contributed by atoms with Gasteiger partial charge in [0, 0.05) is 12.2 Å². The van der Waals surface area contributed by atoms with Crippen LogP contribution >= 0.6 is 0 Å². The van der Waals surface area contributed by atoms with Crippen molar-refractivity contribution in [3.63, 3.8) is 0 Å². The smallest absolute Gasteiger partial charge is 0.168 e. The fourth-order valence-electron chi connectivity index (χ4n) is 1.54. The molecule has 0 saturated heterocycles. The number of hydrogen-bond acceptors (Lipinski definition) is 4. The molecule has 4 heteroatoms. The maximum atomic E-state index is 5.56. The van der Waals surface area contributed by atoms with Crippen molar-refractivity contribution in [2.24, 2.45) is 5.73 Å². The van der Waals surface area contributed by atoms with E-state index < -0.39 is 0 Å². The second kappa shape index (κ2) is 7.06. The van der Waals surface area contributed by atoms with Crippen LogP contribution in [0.25, 0.3) is 0 Å². The summed E-state index contributed by atoms with van der Waals surface area (Å²) in [5.74, 6) is 1.62. The van der Waals surface area contributed by atoms with E-state index in [-0.39, 0.29) is 0 Å². The molecule has 1 atom stereocenters. The molecule has 1 aromatic rings. The molecule has 0 aromatic carbocycles. The number of ether oxygens (including phenoxy) is 1. The third-order valence-electron chi connectivity index (χ3n) is 2.42. The molecule has 0 saturated carbocycles. The summed E-state index contributed by atoms with van der Waals surface area (Å²) >= 11 is 0. The van der Waals surface area contributed by atoms with Crippen LogP contribution in [0.3, 0.4) is 0 Å². The van der Waals surface area contributed by atoms with Crippen LogP contribution in [0.1, 0.15) is 26.7 Å². The van der Waals surface area contributed by atoms with Crippen LogP contribution < -0.4 is 15.8 Å². The largest absolute Gasteiger partial charge is 0.490 e. The molecule has 1 unspecified atom stereocenters. The standard InChI is InChI=1S/C12H21N3O/c1-3-10(7-8-13)15-12-11(16-4-2)6-5-9-14-12/h5-6,9-10H,3-4,7-8,13H2,1-2H3,(H,14,15). The number of nitrogens with zero attached hydrogens (tertiary/aromatic N) is 1. The Bertz CT molecular complexity index is 304. The maximum absolute atomic E-state index is 5.56.